The zero-order chi connectivity index (χ0) is 8.32. The van der Waals surface area contributed by atoms with Crippen LogP contribution in [0.5, 0.6) is 0 Å². The van der Waals surface area contributed by atoms with E-state index >= 15 is 0 Å². The molecule has 0 aromatic rings. The maximum Gasteiger partial charge on any atom is 0.108 e. The van der Waals surface area contributed by atoms with Gasteiger partial charge in [0.2, 0.25) is 0 Å². The molecule has 0 nitrogen and oxygen atoms in total. The van der Waals surface area contributed by atoms with Gasteiger partial charge in [-0.05, 0) is 0 Å². The third-order valence-electron chi connectivity index (χ3n) is 3.64. The highest BCUT2D eigenvalue weighted by Crippen LogP contribution is 2.45. The Labute approximate surface area is 73.7 Å². The Bertz CT molecular complexity index is 115. The highest BCUT2D eigenvalue weighted by molar-refractivity contribution is 6.40. The molecule has 0 bridgehead atoms. The van der Waals surface area contributed by atoms with E-state index in [9.17, 15) is 0 Å². The summed E-state index contributed by atoms with van der Waals surface area (Å²) in [5.74, 6) is 0. The predicted molar refractivity (Wildman–Crippen MR) is 59.8 cm³/mol. The van der Waals surface area contributed by atoms with E-state index in [0.717, 1.165) is 5.72 Å². The van der Waals surface area contributed by atoms with Crippen LogP contribution in [0.1, 0.15) is 38.5 Å². The summed E-state index contributed by atoms with van der Waals surface area (Å²) in [5.41, 5.74) is 0.876. The summed E-state index contributed by atoms with van der Waals surface area (Å²) in [7, 11) is 7.24. The lowest BCUT2D eigenvalue weighted by Crippen LogP contribution is -2.19. The van der Waals surface area contributed by atoms with Crippen molar-refractivity contribution in [3.63, 3.8) is 0 Å². The summed E-state index contributed by atoms with van der Waals surface area (Å²) in [6.07, 6.45) is 8.81. The average Bonchev–Trinajstić information content (AvgIpc) is 2.15. The Hall–Kier alpha value is 0.195. The molecule has 1 aliphatic rings. The van der Waals surface area contributed by atoms with E-state index in [0.29, 0.717) is 5.31 Å². The fourth-order valence-electron chi connectivity index (χ4n) is 2.11. The standard InChI is InChI=1S/C8H19B3/c9-7(10)8(11)5-3-1-2-4-6-8/h7H,1-6,9-11H2. The van der Waals surface area contributed by atoms with E-state index in [1.165, 1.54) is 38.5 Å². The van der Waals surface area contributed by atoms with Gasteiger partial charge in [0.15, 0.2) is 0 Å². The van der Waals surface area contributed by atoms with Gasteiger partial charge in [-0.25, -0.2) is 0 Å². The number of hydrogen-bond donors (Lipinski definition) is 0. The summed E-state index contributed by atoms with van der Waals surface area (Å²) in [5, 5.41) is 0.663. The van der Waals surface area contributed by atoms with Gasteiger partial charge in [0, 0.05) is 0 Å². The highest BCUT2D eigenvalue weighted by Gasteiger charge is 2.28. The molecular formula is C8H19B3. The van der Waals surface area contributed by atoms with Crippen LogP contribution in [0.3, 0.4) is 0 Å². The van der Waals surface area contributed by atoms with E-state index in [1.54, 1.807) is 0 Å². The molecule has 0 radical (unpaired) electrons. The zero-order valence-corrected chi connectivity index (χ0v) is 8.32. The number of rotatable bonds is 1. The van der Waals surface area contributed by atoms with Crippen molar-refractivity contribution >= 4 is 23.5 Å². The minimum atomic E-state index is 0.663. The molecule has 11 heavy (non-hydrogen) atoms. The SMILES string of the molecule is BC(B)C1(B)CCCCCC1. The first-order valence-corrected chi connectivity index (χ1v) is 5.15. The second-order valence-electron chi connectivity index (χ2n) is 4.72. The summed E-state index contributed by atoms with van der Waals surface area (Å²) >= 11 is 0. The minimum Gasteiger partial charge on any atom is -0.0974 e. The van der Waals surface area contributed by atoms with Gasteiger partial charge in [0.1, 0.15) is 7.85 Å². The molecule has 1 rings (SSSR count). The van der Waals surface area contributed by atoms with Crippen molar-refractivity contribution in [3.8, 4) is 0 Å². The van der Waals surface area contributed by atoms with Crippen molar-refractivity contribution < 1.29 is 0 Å². The predicted octanol–water partition coefficient (Wildman–Crippen LogP) is 0.145. The van der Waals surface area contributed by atoms with Crippen molar-refractivity contribution in [1.29, 1.82) is 0 Å². The lowest BCUT2D eigenvalue weighted by molar-refractivity contribution is 0.511. The molecule has 0 saturated heterocycles. The molecule has 60 valence electrons. The maximum absolute atomic E-state index is 2.48. The van der Waals surface area contributed by atoms with Crippen molar-refractivity contribution in [2.75, 3.05) is 0 Å². The molecule has 0 spiro atoms. The Morgan fingerprint density at radius 3 is 1.73 bits per heavy atom. The molecule has 3 heteroatoms. The van der Waals surface area contributed by atoms with E-state index in [-0.39, 0.29) is 0 Å². The second-order valence-corrected chi connectivity index (χ2v) is 4.72. The van der Waals surface area contributed by atoms with Crippen molar-refractivity contribution in [2.45, 2.75) is 49.6 Å². The largest absolute Gasteiger partial charge is 0.108 e. The van der Waals surface area contributed by atoms with Gasteiger partial charge < -0.3 is 0 Å². The summed E-state index contributed by atoms with van der Waals surface area (Å²) in [6.45, 7) is 0. The Balaban J connectivity index is 2.52. The Morgan fingerprint density at radius 2 is 1.36 bits per heavy atom. The molecule has 1 saturated carbocycles. The first-order chi connectivity index (χ1) is 5.15. The molecule has 1 fully saturated rings. The van der Waals surface area contributed by atoms with Crippen molar-refractivity contribution in [1.82, 2.24) is 0 Å². The first kappa shape index (κ1) is 9.28. The lowest BCUT2D eigenvalue weighted by Gasteiger charge is -2.33. The van der Waals surface area contributed by atoms with Crippen LogP contribution in [0, 0.1) is 0 Å². The van der Waals surface area contributed by atoms with E-state index in [2.05, 4.69) is 23.5 Å². The van der Waals surface area contributed by atoms with Gasteiger partial charge in [-0.2, -0.15) is 0 Å². The molecule has 0 aromatic carbocycles. The van der Waals surface area contributed by atoms with E-state index in [4.69, 9.17) is 0 Å². The van der Waals surface area contributed by atoms with Gasteiger partial charge in [0.05, 0.1) is 15.7 Å². The lowest BCUT2D eigenvalue weighted by atomic mass is 9.44. The number of hydrogen-bond acceptors (Lipinski definition) is 0. The van der Waals surface area contributed by atoms with Crippen molar-refractivity contribution in [2.24, 2.45) is 0 Å². The van der Waals surface area contributed by atoms with Gasteiger partial charge >= 0.3 is 0 Å². The molecule has 0 aliphatic heterocycles. The van der Waals surface area contributed by atoms with Gasteiger partial charge in [-0.15, -0.1) is 0 Å². The molecular weight excluding hydrogens is 129 g/mol. The molecule has 0 heterocycles. The van der Waals surface area contributed by atoms with Crippen LogP contribution in [0.25, 0.3) is 0 Å². The van der Waals surface area contributed by atoms with E-state index in [1.807, 2.05) is 0 Å². The monoisotopic (exact) mass is 148 g/mol. The first-order valence-electron chi connectivity index (χ1n) is 5.15. The third kappa shape index (κ3) is 2.32. The Kier molecular flexibility index (Phi) is 3.15. The van der Waals surface area contributed by atoms with Crippen molar-refractivity contribution in [3.05, 3.63) is 0 Å². The van der Waals surface area contributed by atoms with Gasteiger partial charge in [0.25, 0.3) is 0 Å². The quantitative estimate of drug-likeness (QED) is 0.366. The van der Waals surface area contributed by atoms with Crippen LogP contribution < -0.4 is 0 Å². The average molecular weight is 148 g/mol. The third-order valence-corrected chi connectivity index (χ3v) is 3.64. The zero-order valence-electron chi connectivity index (χ0n) is 8.32. The molecule has 1 aliphatic carbocycles. The van der Waals surface area contributed by atoms with Crippen LogP contribution in [0.15, 0.2) is 0 Å². The molecule has 0 unspecified atom stereocenters. The summed E-state index contributed by atoms with van der Waals surface area (Å²) in [6, 6.07) is 0. The molecule has 0 N–H and O–H groups in total. The summed E-state index contributed by atoms with van der Waals surface area (Å²) in [4.78, 5) is 0. The van der Waals surface area contributed by atoms with Gasteiger partial charge in [-0.1, -0.05) is 49.6 Å². The maximum atomic E-state index is 2.48. The van der Waals surface area contributed by atoms with Crippen LogP contribution in [0.2, 0.25) is 11.0 Å². The van der Waals surface area contributed by atoms with Crippen LogP contribution in [-0.2, 0) is 0 Å². The smallest absolute Gasteiger partial charge is 0.0974 e. The fraction of sp³-hybridized carbons (Fsp3) is 1.00. The highest BCUT2D eigenvalue weighted by atomic mass is 14.2. The fourth-order valence-corrected chi connectivity index (χ4v) is 2.11. The van der Waals surface area contributed by atoms with Crippen LogP contribution >= 0.6 is 0 Å². The second kappa shape index (κ2) is 3.73. The van der Waals surface area contributed by atoms with Gasteiger partial charge in [-0.3, -0.25) is 0 Å². The summed E-state index contributed by atoms with van der Waals surface area (Å²) < 4.78 is 0. The van der Waals surface area contributed by atoms with E-state index < -0.39 is 0 Å². The minimum absolute atomic E-state index is 0.663. The normalized spacial score (nSPS) is 24.8. The van der Waals surface area contributed by atoms with Crippen LogP contribution in [-0.4, -0.2) is 23.5 Å². The molecule has 0 atom stereocenters. The molecule has 0 aromatic heterocycles. The topological polar surface area (TPSA) is 0 Å². The molecule has 0 amide bonds. The Morgan fingerprint density at radius 1 is 0.909 bits per heavy atom. The van der Waals surface area contributed by atoms with Crippen LogP contribution in [0.4, 0.5) is 0 Å².